The van der Waals surface area contributed by atoms with Gasteiger partial charge in [-0.15, -0.1) is 0 Å². The summed E-state index contributed by atoms with van der Waals surface area (Å²) in [6.45, 7) is 12.0. The molecule has 0 spiro atoms. The third-order valence-electron chi connectivity index (χ3n) is 5.22. The molecular weight excluding hydrogens is 366 g/mol. The number of rotatable bonds is 7. The Morgan fingerprint density at radius 2 is 2.04 bits per heavy atom. The molecule has 0 saturated heterocycles. The second-order valence-corrected chi connectivity index (χ2v) is 12.9. The number of ether oxygens (including phenoxy) is 2. The summed E-state index contributed by atoms with van der Waals surface area (Å²) >= 11 is 0. The average molecular weight is 398 g/mol. The summed E-state index contributed by atoms with van der Waals surface area (Å²) in [7, 11) is 0.889. The van der Waals surface area contributed by atoms with Gasteiger partial charge in [-0.1, -0.05) is 20.8 Å². The van der Waals surface area contributed by atoms with Gasteiger partial charge >= 0.3 is 0 Å². The molecule has 1 unspecified atom stereocenters. The summed E-state index contributed by atoms with van der Waals surface area (Å²) in [4.78, 5) is 25.2. The van der Waals surface area contributed by atoms with E-state index in [1.54, 1.807) is 11.8 Å². The van der Waals surface area contributed by atoms with Crippen LogP contribution in [0.1, 0.15) is 43.1 Å². The fourth-order valence-electron chi connectivity index (χ4n) is 2.68. The van der Waals surface area contributed by atoms with E-state index in [1.165, 1.54) is 13.2 Å². The number of hydrogen-bond acceptors (Lipinski definition) is 6. The van der Waals surface area contributed by atoms with Gasteiger partial charge in [-0.25, -0.2) is 0 Å². The van der Waals surface area contributed by atoms with Crippen LogP contribution in [0.3, 0.4) is 0 Å². The number of carbonyl (C=O) groups excluding carboxylic acids is 1. The number of carbonyl (C=O) groups is 1. The van der Waals surface area contributed by atoms with Crippen molar-refractivity contribution in [1.82, 2.24) is 9.99 Å². The molecule has 1 aliphatic rings. The van der Waals surface area contributed by atoms with E-state index in [9.17, 15) is 9.59 Å². The molecule has 2 N–H and O–H groups in total. The van der Waals surface area contributed by atoms with Crippen molar-refractivity contribution >= 4 is 14.2 Å². The van der Waals surface area contributed by atoms with Crippen LogP contribution in [-0.2, 0) is 9.16 Å². The fraction of sp³-hybridized carbons (Fsp3) is 0.667. The van der Waals surface area contributed by atoms with Crippen LogP contribution in [-0.4, -0.2) is 52.8 Å². The largest absolute Gasteiger partial charge is 0.491 e. The lowest BCUT2D eigenvalue weighted by atomic mass is 10.2. The Bertz CT molecular complexity index is 755. The molecule has 0 aromatic carbocycles. The first-order valence-electron chi connectivity index (χ1n) is 9.06. The summed E-state index contributed by atoms with van der Waals surface area (Å²) in [6.07, 6.45) is -0.296. The average Bonchev–Trinajstić information content (AvgIpc) is 2.94. The minimum absolute atomic E-state index is 0.00847. The van der Waals surface area contributed by atoms with Crippen LogP contribution in [0, 0.1) is 0 Å². The van der Waals surface area contributed by atoms with Crippen molar-refractivity contribution in [2.75, 3.05) is 39.3 Å². The Kier molecular flexibility index (Phi) is 6.38. The molecule has 1 aromatic rings. The number of hydrogen-bond donors (Lipinski definition) is 2. The van der Waals surface area contributed by atoms with E-state index in [2.05, 4.69) is 44.6 Å². The van der Waals surface area contributed by atoms with Gasteiger partial charge in [0, 0.05) is 19.7 Å². The minimum Gasteiger partial charge on any atom is -0.491 e. The van der Waals surface area contributed by atoms with Crippen molar-refractivity contribution in [1.29, 1.82) is 0 Å². The van der Waals surface area contributed by atoms with E-state index in [0.29, 0.717) is 25.4 Å². The van der Waals surface area contributed by atoms with Crippen LogP contribution in [0.4, 0.5) is 0 Å². The summed E-state index contributed by atoms with van der Waals surface area (Å²) in [5.74, 6) is -0.391. The lowest BCUT2D eigenvalue weighted by Crippen LogP contribution is -2.42. The van der Waals surface area contributed by atoms with Gasteiger partial charge in [0.15, 0.2) is 19.8 Å². The molecule has 0 fully saturated rings. The molecular formula is C18H31N3O5Si. The quantitative estimate of drug-likeness (QED) is 0.539. The predicted octanol–water partition coefficient (Wildman–Crippen LogP) is 1.85. The SMILES string of the molecule is COCCNC(=O)c1c(OC)c(=O)cc2n1NCC2O[Si](C)(C)C(C)(C)C. The molecule has 0 bridgehead atoms. The van der Waals surface area contributed by atoms with Gasteiger partial charge in [0.25, 0.3) is 5.91 Å². The first-order valence-corrected chi connectivity index (χ1v) is 12.0. The molecule has 8 nitrogen and oxygen atoms in total. The Morgan fingerprint density at radius 3 is 2.59 bits per heavy atom. The predicted molar refractivity (Wildman–Crippen MR) is 107 cm³/mol. The zero-order valence-corrected chi connectivity index (χ0v) is 18.3. The van der Waals surface area contributed by atoms with Gasteiger partial charge in [0.05, 0.1) is 26.0 Å². The van der Waals surface area contributed by atoms with Gasteiger partial charge in [-0.05, 0) is 18.1 Å². The molecule has 152 valence electrons. The molecule has 2 rings (SSSR count). The highest BCUT2D eigenvalue weighted by molar-refractivity contribution is 6.74. The molecule has 1 amide bonds. The Labute approximate surface area is 161 Å². The highest BCUT2D eigenvalue weighted by Crippen LogP contribution is 2.40. The smallest absolute Gasteiger partial charge is 0.273 e. The lowest BCUT2D eigenvalue weighted by molar-refractivity contribution is 0.0924. The Morgan fingerprint density at radius 1 is 1.37 bits per heavy atom. The zero-order chi connectivity index (χ0) is 20.4. The van der Waals surface area contributed by atoms with Crippen molar-refractivity contribution < 1.29 is 18.7 Å². The van der Waals surface area contributed by atoms with Crippen molar-refractivity contribution in [3.8, 4) is 5.75 Å². The van der Waals surface area contributed by atoms with Gasteiger partial charge in [-0.2, -0.15) is 0 Å². The van der Waals surface area contributed by atoms with E-state index < -0.39 is 14.2 Å². The van der Waals surface area contributed by atoms with Gasteiger partial charge < -0.3 is 24.6 Å². The number of amides is 1. The zero-order valence-electron chi connectivity index (χ0n) is 17.3. The molecule has 0 aliphatic carbocycles. The van der Waals surface area contributed by atoms with Crippen molar-refractivity contribution in [3.63, 3.8) is 0 Å². The van der Waals surface area contributed by atoms with E-state index in [0.717, 1.165) is 0 Å². The van der Waals surface area contributed by atoms with Crippen LogP contribution in [0.15, 0.2) is 10.9 Å². The van der Waals surface area contributed by atoms with Crippen LogP contribution >= 0.6 is 0 Å². The standard InChI is InChI=1S/C18H31N3O5Si/c1-18(2,3)27(6,7)26-14-11-20-21-12(14)10-13(22)16(25-5)15(21)17(23)19-8-9-24-4/h10,14,20H,8-9,11H2,1-7H3,(H,19,23). The summed E-state index contributed by atoms with van der Waals surface area (Å²) in [5, 5.41) is 2.78. The third-order valence-corrected chi connectivity index (χ3v) is 9.70. The van der Waals surface area contributed by atoms with E-state index in [1.807, 2.05) is 0 Å². The number of fused-ring (bicyclic) bond motifs is 1. The number of nitrogens with one attached hydrogen (secondary N) is 2. The highest BCUT2D eigenvalue weighted by atomic mass is 28.4. The number of nitrogens with zero attached hydrogens (tertiary/aromatic N) is 1. The summed E-state index contributed by atoms with van der Waals surface area (Å²) < 4.78 is 18.3. The van der Waals surface area contributed by atoms with Crippen LogP contribution in [0.2, 0.25) is 18.1 Å². The van der Waals surface area contributed by atoms with Crippen LogP contribution in [0.25, 0.3) is 0 Å². The molecule has 1 aliphatic heterocycles. The first kappa shape index (κ1) is 21.5. The van der Waals surface area contributed by atoms with Crippen molar-refractivity contribution in [2.45, 2.75) is 45.0 Å². The molecule has 0 radical (unpaired) electrons. The first-order chi connectivity index (χ1) is 12.5. The summed E-state index contributed by atoms with van der Waals surface area (Å²) in [6, 6.07) is 1.49. The van der Waals surface area contributed by atoms with Crippen molar-refractivity contribution in [2.24, 2.45) is 0 Å². The molecule has 1 atom stereocenters. The fourth-order valence-corrected chi connectivity index (χ4v) is 3.95. The third kappa shape index (κ3) is 4.36. The van der Waals surface area contributed by atoms with E-state index >= 15 is 0 Å². The Balaban J connectivity index is 2.42. The number of methoxy groups -OCH3 is 2. The maximum absolute atomic E-state index is 12.7. The van der Waals surface area contributed by atoms with E-state index in [4.69, 9.17) is 13.9 Å². The van der Waals surface area contributed by atoms with Gasteiger partial charge in [0.2, 0.25) is 5.43 Å². The monoisotopic (exact) mass is 397 g/mol. The highest BCUT2D eigenvalue weighted by Gasteiger charge is 2.42. The summed E-state index contributed by atoms with van der Waals surface area (Å²) in [5.41, 5.74) is 3.62. The van der Waals surface area contributed by atoms with Crippen LogP contribution < -0.4 is 20.9 Å². The lowest BCUT2D eigenvalue weighted by Gasteiger charge is -2.38. The number of pyridine rings is 1. The second-order valence-electron chi connectivity index (χ2n) is 8.13. The van der Waals surface area contributed by atoms with E-state index in [-0.39, 0.29) is 28.0 Å². The Hall–Kier alpha value is -1.84. The normalized spacial score (nSPS) is 16.6. The maximum atomic E-state index is 12.7. The minimum atomic E-state index is -2.05. The topological polar surface area (TPSA) is 90.8 Å². The maximum Gasteiger partial charge on any atom is 0.273 e. The van der Waals surface area contributed by atoms with Gasteiger partial charge in [0.1, 0.15) is 6.10 Å². The molecule has 1 aromatic heterocycles. The van der Waals surface area contributed by atoms with Crippen LogP contribution in [0.5, 0.6) is 5.75 Å². The molecule has 27 heavy (non-hydrogen) atoms. The van der Waals surface area contributed by atoms with Gasteiger partial charge in [-0.3, -0.25) is 14.3 Å². The number of aromatic nitrogens is 1. The second kappa shape index (κ2) is 8.03. The molecule has 2 heterocycles. The van der Waals surface area contributed by atoms with Crippen molar-refractivity contribution in [3.05, 3.63) is 27.7 Å². The molecule has 9 heteroatoms. The molecule has 0 saturated carbocycles.